The van der Waals surface area contributed by atoms with Gasteiger partial charge in [0.1, 0.15) is 30.0 Å². The molecule has 0 aliphatic carbocycles. The summed E-state index contributed by atoms with van der Waals surface area (Å²) < 4.78 is 11.4. The number of hydrogen-bond donors (Lipinski definition) is 3. The second-order valence-corrected chi connectivity index (χ2v) is 10.4. The SMILES string of the molecule is CC1NC(=O)C(C(C)C)NC(=O)COc2ccc(cc2)-c2cccc(c2)[C@@H](C)OC(=O)C2CCCN(N2)C1=O. The predicted molar refractivity (Wildman–Crippen MR) is 144 cm³/mol. The van der Waals surface area contributed by atoms with Crippen LogP contribution in [0, 0.1) is 5.92 Å². The third-order valence-corrected chi connectivity index (χ3v) is 6.94. The van der Waals surface area contributed by atoms with E-state index < -0.39 is 42.0 Å². The maximum atomic E-state index is 13.1. The number of benzene rings is 2. The van der Waals surface area contributed by atoms with Gasteiger partial charge >= 0.3 is 5.97 Å². The fraction of sp³-hybridized carbons (Fsp3) is 0.448. The smallest absolute Gasteiger partial charge is 0.325 e. The van der Waals surface area contributed by atoms with Crippen molar-refractivity contribution in [2.45, 2.75) is 64.8 Å². The molecule has 10 heteroatoms. The van der Waals surface area contributed by atoms with Gasteiger partial charge in [0.05, 0.1) is 0 Å². The van der Waals surface area contributed by atoms with Crippen LogP contribution in [0.2, 0.25) is 0 Å². The number of nitrogens with one attached hydrogen (secondary N) is 3. The van der Waals surface area contributed by atoms with E-state index in [2.05, 4.69) is 16.1 Å². The van der Waals surface area contributed by atoms with Gasteiger partial charge in [-0.2, -0.15) is 0 Å². The van der Waals surface area contributed by atoms with Gasteiger partial charge in [0, 0.05) is 6.54 Å². The van der Waals surface area contributed by atoms with Crippen LogP contribution < -0.4 is 20.8 Å². The van der Waals surface area contributed by atoms with Crippen molar-refractivity contribution in [3.8, 4) is 16.9 Å². The van der Waals surface area contributed by atoms with E-state index in [1.807, 2.05) is 43.3 Å². The number of hydrazine groups is 1. The molecule has 3 N–H and O–H groups in total. The molecule has 6 bridgehead atoms. The lowest BCUT2D eigenvalue weighted by atomic mass is 10.0. The van der Waals surface area contributed by atoms with E-state index in [0.29, 0.717) is 25.1 Å². The topological polar surface area (TPSA) is 126 Å². The maximum absolute atomic E-state index is 13.1. The molecular formula is C29H36N4O6. The maximum Gasteiger partial charge on any atom is 0.325 e. The lowest BCUT2D eigenvalue weighted by Crippen LogP contribution is -2.61. The van der Waals surface area contributed by atoms with Crippen molar-refractivity contribution in [3.63, 3.8) is 0 Å². The fourth-order valence-electron chi connectivity index (χ4n) is 4.65. The van der Waals surface area contributed by atoms with Gasteiger partial charge in [-0.15, -0.1) is 0 Å². The third kappa shape index (κ3) is 6.94. The normalized spacial score (nSPS) is 25.1. The molecule has 3 heterocycles. The van der Waals surface area contributed by atoms with Gasteiger partial charge in [0.15, 0.2) is 6.61 Å². The molecule has 0 saturated carbocycles. The summed E-state index contributed by atoms with van der Waals surface area (Å²) in [6.45, 7) is 7.12. The van der Waals surface area contributed by atoms with Gasteiger partial charge in [-0.3, -0.25) is 24.2 Å². The van der Waals surface area contributed by atoms with Crippen molar-refractivity contribution in [1.82, 2.24) is 21.1 Å². The Balaban J connectivity index is 1.61. The molecule has 3 unspecified atom stereocenters. The Morgan fingerprint density at radius 2 is 1.69 bits per heavy atom. The van der Waals surface area contributed by atoms with Crippen molar-refractivity contribution < 1.29 is 28.7 Å². The highest BCUT2D eigenvalue weighted by molar-refractivity contribution is 5.92. The van der Waals surface area contributed by atoms with E-state index in [9.17, 15) is 19.2 Å². The second kappa shape index (κ2) is 12.3. The molecule has 3 aliphatic rings. The first-order chi connectivity index (χ1) is 18.6. The summed E-state index contributed by atoms with van der Waals surface area (Å²) in [6.07, 6.45) is 0.617. The summed E-state index contributed by atoms with van der Waals surface area (Å²) in [5.41, 5.74) is 5.68. The van der Waals surface area contributed by atoms with Crippen molar-refractivity contribution in [3.05, 3.63) is 54.1 Å². The summed E-state index contributed by atoms with van der Waals surface area (Å²) in [5.74, 6) is -1.49. The Morgan fingerprint density at radius 1 is 0.949 bits per heavy atom. The van der Waals surface area contributed by atoms with E-state index in [-0.39, 0.29) is 18.4 Å². The number of nitrogens with zero attached hydrogens (tertiary/aromatic N) is 1. The van der Waals surface area contributed by atoms with Gasteiger partial charge in [-0.1, -0.05) is 44.2 Å². The van der Waals surface area contributed by atoms with Gasteiger partial charge in [0.2, 0.25) is 5.91 Å². The molecule has 5 rings (SSSR count). The lowest BCUT2D eigenvalue weighted by molar-refractivity contribution is -0.157. The molecule has 1 fully saturated rings. The highest BCUT2D eigenvalue weighted by atomic mass is 16.5. The number of carbonyl (C=O) groups excluding carboxylic acids is 4. The minimum atomic E-state index is -0.882. The highest BCUT2D eigenvalue weighted by Crippen LogP contribution is 2.27. The summed E-state index contributed by atoms with van der Waals surface area (Å²) in [5, 5.41) is 6.77. The zero-order chi connectivity index (χ0) is 28.1. The molecule has 1 saturated heterocycles. The summed E-state index contributed by atoms with van der Waals surface area (Å²) in [6, 6.07) is 12.6. The fourth-order valence-corrected chi connectivity index (χ4v) is 4.65. The van der Waals surface area contributed by atoms with Crippen LogP contribution in [0.15, 0.2) is 48.5 Å². The van der Waals surface area contributed by atoms with Crippen LogP contribution in [0.5, 0.6) is 5.75 Å². The van der Waals surface area contributed by atoms with Crippen LogP contribution in [0.4, 0.5) is 0 Å². The van der Waals surface area contributed by atoms with Crippen LogP contribution in [0.3, 0.4) is 0 Å². The molecule has 0 spiro atoms. The number of hydrogen-bond acceptors (Lipinski definition) is 7. The van der Waals surface area contributed by atoms with Crippen molar-refractivity contribution in [2.24, 2.45) is 5.92 Å². The van der Waals surface area contributed by atoms with Gasteiger partial charge in [-0.05, 0) is 67.5 Å². The molecular weight excluding hydrogens is 500 g/mol. The molecule has 208 valence electrons. The zero-order valence-corrected chi connectivity index (χ0v) is 22.7. The van der Waals surface area contributed by atoms with E-state index in [1.54, 1.807) is 32.9 Å². The standard InChI is InChI=1S/C29H36N4O6/c1-17(2)26-27(35)30-18(3)28(36)33-14-6-9-24(32-33)29(37)39-19(4)21-7-5-8-22(15-21)20-10-12-23(13-11-20)38-16-25(34)31-26/h5,7-8,10-13,15,17-19,24,26,32H,6,9,14,16H2,1-4H3,(H,30,35)(H,31,34)/t18?,19-,24?,26?/m1/s1. The Morgan fingerprint density at radius 3 is 2.41 bits per heavy atom. The first-order valence-corrected chi connectivity index (χ1v) is 13.3. The van der Waals surface area contributed by atoms with E-state index >= 15 is 0 Å². The van der Waals surface area contributed by atoms with Crippen LogP contribution in [0.25, 0.3) is 11.1 Å². The minimum absolute atomic E-state index is 0.230. The third-order valence-electron chi connectivity index (χ3n) is 6.94. The van der Waals surface area contributed by atoms with Crippen molar-refractivity contribution in [2.75, 3.05) is 13.2 Å². The number of fused-ring (bicyclic) bond motifs is 12. The Kier molecular flexibility index (Phi) is 8.86. The molecule has 2 aromatic rings. The van der Waals surface area contributed by atoms with E-state index in [0.717, 1.165) is 16.7 Å². The number of carbonyl (C=O) groups is 4. The first kappa shape index (κ1) is 28.1. The predicted octanol–water partition coefficient (Wildman–Crippen LogP) is 2.49. The molecule has 4 atom stereocenters. The summed E-state index contributed by atoms with van der Waals surface area (Å²) in [4.78, 5) is 51.8. The average molecular weight is 537 g/mol. The number of rotatable bonds is 1. The number of esters is 1. The van der Waals surface area contributed by atoms with Gasteiger partial charge < -0.3 is 20.1 Å². The minimum Gasteiger partial charge on any atom is -0.484 e. The molecule has 0 radical (unpaired) electrons. The van der Waals surface area contributed by atoms with E-state index in [4.69, 9.17) is 9.47 Å². The molecule has 39 heavy (non-hydrogen) atoms. The van der Waals surface area contributed by atoms with Crippen molar-refractivity contribution >= 4 is 23.7 Å². The molecule has 3 amide bonds. The molecule has 2 aromatic carbocycles. The Labute approximate surface area is 228 Å². The lowest BCUT2D eigenvalue weighted by Gasteiger charge is -2.35. The Bertz CT molecular complexity index is 1210. The average Bonchev–Trinajstić information content (AvgIpc) is 2.94. The largest absolute Gasteiger partial charge is 0.484 e. The van der Waals surface area contributed by atoms with Gasteiger partial charge in [-0.25, -0.2) is 5.43 Å². The van der Waals surface area contributed by atoms with Crippen LogP contribution in [-0.2, 0) is 23.9 Å². The summed E-state index contributed by atoms with van der Waals surface area (Å²) >= 11 is 0. The second-order valence-electron chi connectivity index (χ2n) is 10.4. The molecule has 0 aromatic heterocycles. The summed E-state index contributed by atoms with van der Waals surface area (Å²) in [7, 11) is 0. The number of ether oxygens (including phenoxy) is 2. The molecule has 10 nitrogen and oxygen atoms in total. The quantitative estimate of drug-likeness (QED) is 0.378. The van der Waals surface area contributed by atoms with Crippen LogP contribution in [-0.4, -0.2) is 60.0 Å². The first-order valence-electron chi connectivity index (χ1n) is 13.3. The van der Waals surface area contributed by atoms with E-state index in [1.165, 1.54) is 5.01 Å². The Hall–Kier alpha value is -3.92. The number of amides is 3. The van der Waals surface area contributed by atoms with Gasteiger partial charge in [0.25, 0.3) is 11.8 Å². The van der Waals surface area contributed by atoms with Crippen LogP contribution in [0.1, 0.15) is 52.2 Å². The monoisotopic (exact) mass is 536 g/mol. The van der Waals surface area contributed by atoms with Crippen molar-refractivity contribution in [1.29, 1.82) is 0 Å². The van der Waals surface area contributed by atoms with Crippen LogP contribution >= 0.6 is 0 Å². The zero-order valence-electron chi connectivity index (χ0n) is 22.7. The highest BCUT2D eigenvalue weighted by Gasteiger charge is 2.33. The molecule has 3 aliphatic heterocycles.